The van der Waals surface area contributed by atoms with E-state index in [1.165, 1.54) is 180 Å². The van der Waals surface area contributed by atoms with E-state index in [9.17, 15) is 43.2 Å². The van der Waals surface area contributed by atoms with Crippen molar-refractivity contribution in [2.75, 3.05) is 39.6 Å². The third-order valence-electron chi connectivity index (χ3n) is 17.1. The van der Waals surface area contributed by atoms with E-state index in [-0.39, 0.29) is 25.7 Å². The van der Waals surface area contributed by atoms with Gasteiger partial charge < -0.3 is 33.8 Å². The van der Waals surface area contributed by atoms with Crippen molar-refractivity contribution in [1.29, 1.82) is 0 Å². The summed E-state index contributed by atoms with van der Waals surface area (Å²) in [5.74, 6) is 0.102. The number of hydrogen-bond acceptors (Lipinski definition) is 15. The van der Waals surface area contributed by atoms with Crippen LogP contribution in [0.15, 0.2) is 0 Å². The Hall–Kier alpha value is -1.94. The first-order valence-electron chi connectivity index (χ1n) is 38.3. The van der Waals surface area contributed by atoms with Crippen molar-refractivity contribution in [1.82, 2.24) is 0 Å². The van der Waals surface area contributed by atoms with Crippen molar-refractivity contribution in [2.45, 2.75) is 394 Å². The maximum absolute atomic E-state index is 13.1. The number of phosphoric ester groups is 2. The van der Waals surface area contributed by atoms with Gasteiger partial charge in [0, 0.05) is 25.7 Å². The number of unbranched alkanes of at least 4 members (excludes halogenated alkanes) is 40. The van der Waals surface area contributed by atoms with Gasteiger partial charge in [0.2, 0.25) is 0 Å². The van der Waals surface area contributed by atoms with Crippen LogP contribution in [-0.2, 0) is 65.4 Å². The standard InChI is InChI=1S/C74H144O17P2/c1-8-9-10-11-12-13-14-15-16-17-18-23-28-35-43-50-57-73(78)90-69(61-84-71(76)55-48-41-34-27-22-20-19-21-25-31-38-45-52-65(2)3)63-88-92(80,81)86-59-68(75)60-87-93(82,83)89-64-70(62-85-72(77)56-49-42-37-30-33-40-47-54-67(6)7)91-74(79)58-51-44-36-29-24-26-32-39-46-53-66(4)5/h65-70,75H,8-64H2,1-7H3,(H,80,81)(H,82,83)/t68-,69-,70-/m1/s1. The molecule has 0 aliphatic heterocycles. The molecule has 0 fully saturated rings. The Balaban J connectivity index is 5.25. The zero-order valence-corrected chi connectivity index (χ0v) is 62.5. The van der Waals surface area contributed by atoms with Crippen molar-refractivity contribution >= 4 is 39.5 Å². The smallest absolute Gasteiger partial charge is 0.462 e. The van der Waals surface area contributed by atoms with Crippen molar-refractivity contribution in [2.24, 2.45) is 17.8 Å². The molecule has 0 heterocycles. The predicted molar refractivity (Wildman–Crippen MR) is 377 cm³/mol. The van der Waals surface area contributed by atoms with Crippen LogP contribution in [0.2, 0.25) is 0 Å². The van der Waals surface area contributed by atoms with E-state index in [0.29, 0.717) is 31.6 Å². The minimum atomic E-state index is -4.96. The lowest BCUT2D eigenvalue weighted by Crippen LogP contribution is -2.30. The van der Waals surface area contributed by atoms with E-state index in [0.717, 1.165) is 108 Å². The molecule has 552 valence electrons. The first-order valence-corrected chi connectivity index (χ1v) is 41.3. The van der Waals surface area contributed by atoms with Crippen LogP contribution in [0.1, 0.15) is 376 Å². The van der Waals surface area contributed by atoms with Gasteiger partial charge in [-0.1, -0.05) is 325 Å². The normalized spacial score (nSPS) is 14.1. The molecule has 0 amide bonds. The molecule has 0 saturated heterocycles. The Morgan fingerprint density at radius 1 is 0.290 bits per heavy atom. The van der Waals surface area contributed by atoms with E-state index in [1.54, 1.807) is 0 Å². The molecule has 0 rings (SSSR count). The summed E-state index contributed by atoms with van der Waals surface area (Å²) in [5.41, 5.74) is 0. The molecule has 0 radical (unpaired) electrons. The second-order valence-corrected chi connectivity index (χ2v) is 31.0. The van der Waals surface area contributed by atoms with Gasteiger partial charge in [-0.25, -0.2) is 9.13 Å². The zero-order valence-electron chi connectivity index (χ0n) is 60.7. The van der Waals surface area contributed by atoms with E-state index in [4.69, 9.17) is 37.0 Å². The molecule has 0 aromatic carbocycles. The maximum Gasteiger partial charge on any atom is 0.472 e. The number of aliphatic hydroxyl groups is 1. The number of esters is 4. The lowest BCUT2D eigenvalue weighted by atomic mass is 10.0. The second kappa shape index (κ2) is 64.7. The number of carbonyl (C=O) groups is 4. The molecule has 17 nitrogen and oxygen atoms in total. The van der Waals surface area contributed by atoms with Crippen molar-refractivity contribution in [3.05, 3.63) is 0 Å². The van der Waals surface area contributed by atoms with E-state index in [2.05, 4.69) is 48.5 Å². The minimum absolute atomic E-state index is 0.104. The third-order valence-corrected chi connectivity index (χ3v) is 19.0. The molecule has 2 unspecified atom stereocenters. The minimum Gasteiger partial charge on any atom is -0.462 e. The highest BCUT2D eigenvalue weighted by Crippen LogP contribution is 2.45. The van der Waals surface area contributed by atoms with Crippen LogP contribution in [0, 0.1) is 17.8 Å². The number of ether oxygens (including phenoxy) is 4. The van der Waals surface area contributed by atoms with Crippen LogP contribution in [-0.4, -0.2) is 96.7 Å². The Labute approximate surface area is 568 Å². The Kier molecular flexibility index (Phi) is 63.4. The van der Waals surface area contributed by atoms with Crippen LogP contribution >= 0.6 is 15.6 Å². The van der Waals surface area contributed by atoms with Gasteiger partial charge in [0.25, 0.3) is 0 Å². The molecule has 0 bridgehead atoms. The van der Waals surface area contributed by atoms with Crippen LogP contribution in [0.5, 0.6) is 0 Å². The molecular formula is C74H144O17P2. The SMILES string of the molecule is CCCCCCCCCCCCCCCCCCC(=O)O[C@H](COC(=O)CCCCCCCCCCCCCCC(C)C)COP(=O)(O)OC[C@@H](O)COP(=O)(O)OC[C@@H](COC(=O)CCCCCCCCCC(C)C)OC(=O)CCCCCCCCCCCC(C)C. The first kappa shape index (κ1) is 91.1. The summed E-state index contributed by atoms with van der Waals surface area (Å²) in [6, 6.07) is 0. The molecule has 0 spiro atoms. The molecule has 0 aliphatic carbocycles. The molecule has 0 aromatic heterocycles. The number of aliphatic hydroxyl groups excluding tert-OH is 1. The first-order chi connectivity index (χ1) is 44.7. The van der Waals surface area contributed by atoms with Crippen LogP contribution in [0.4, 0.5) is 0 Å². The van der Waals surface area contributed by atoms with Crippen LogP contribution in [0.25, 0.3) is 0 Å². The molecule has 0 aromatic rings. The van der Waals surface area contributed by atoms with Crippen molar-refractivity contribution in [3.8, 4) is 0 Å². The maximum atomic E-state index is 13.1. The number of carbonyl (C=O) groups excluding carboxylic acids is 4. The van der Waals surface area contributed by atoms with Gasteiger partial charge in [-0.15, -0.1) is 0 Å². The summed E-state index contributed by atoms with van der Waals surface area (Å²) in [7, 11) is -9.91. The summed E-state index contributed by atoms with van der Waals surface area (Å²) in [6.45, 7) is 11.8. The van der Waals surface area contributed by atoms with E-state index >= 15 is 0 Å². The molecule has 93 heavy (non-hydrogen) atoms. The lowest BCUT2D eigenvalue weighted by Gasteiger charge is -2.21. The highest BCUT2D eigenvalue weighted by atomic mass is 31.2. The van der Waals surface area contributed by atoms with E-state index in [1.807, 2.05) is 0 Å². The third kappa shape index (κ3) is 68.4. The van der Waals surface area contributed by atoms with Crippen LogP contribution < -0.4 is 0 Å². The van der Waals surface area contributed by atoms with Gasteiger partial charge >= 0.3 is 39.5 Å². The zero-order chi connectivity index (χ0) is 68.7. The van der Waals surface area contributed by atoms with E-state index < -0.39 is 97.5 Å². The van der Waals surface area contributed by atoms with Gasteiger partial charge in [-0.2, -0.15) is 0 Å². The number of hydrogen-bond donors (Lipinski definition) is 3. The molecule has 3 N–H and O–H groups in total. The van der Waals surface area contributed by atoms with Gasteiger partial charge in [0.1, 0.15) is 19.3 Å². The highest BCUT2D eigenvalue weighted by Gasteiger charge is 2.30. The van der Waals surface area contributed by atoms with Crippen LogP contribution in [0.3, 0.4) is 0 Å². The second-order valence-electron chi connectivity index (χ2n) is 28.1. The summed E-state index contributed by atoms with van der Waals surface area (Å²) < 4.78 is 68.4. The van der Waals surface area contributed by atoms with Gasteiger partial charge in [0.15, 0.2) is 12.2 Å². The molecule has 0 saturated carbocycles. The fourth-order valence-electron chi connectivity index (χ4n) is 11.2. The fraction of sp³-hybridized carbons (Fsp3) is 0.946. The van der Waals surface area contributed by atoms with Gasteiger partial charge in [-0.3, -0.25) is 37.3 Å². The monoisotopic (exact) mass is 1370 g/mol. The highest BCUT2D eigenvalue weighted by molar-refractivity contribution is 7.47. The predicted octanol–water partition coefficient (Wildman–Crippen LogP) is 21.4. The lowest BCUT2D eigenvalue weighted by molar-refractivity contribution is -0.161. The topological polar surface area (TPSA) is 237 Å². The molecule has 19 heteroatoms. The van der Waals surface area contributed by atoms with Crippen molar-refractivity contribution in [3.63, 3.8) is 0 Å². The Morgan fingerprint density at radius 2 is 0.495 bits per heavy atom. The average molecular weight is 1370 g/mol. The summed E-state index contributed by atoms with van der Waals surface area (Å²) in [6.07, 6.45) is 50.0. The summed E-state index contributed by atoms with van der Waals surface area (Å²) in [4.78, 5) is 72.7. The van der Waals surface area contributed by atoms with Gasteiger partial charge in [0.05, 0.1) is 26.4 Å². The summed E-state index contributed by atoms with van der Waals surface area (Å²) >= 11 is 0. The average Bonchev–Trinajstić information content (AvgIpc) is 1.53. The molecule has 0 aliphatic rings. The Morgan fingerprint density at radius 3 is 0.731 bits per heavy atom. The quantitative estimate of drug-likeness (QED) is 0.0222. The fourth-order valence-corrected chi connectivity index (χ4v) is 12.8. The molecule has 5 atom stereocenters. The summed E-state index contributed by atoms with van der Waals surface area (Å²) in [5, 5.41) is 10.6. The van der Waals surface area contributed by atoms with Crippen molar-refractivity contribution < 1.29 is 80.2 Å². The Bertz CT molecular complexity index is 1820. The number of phosphoric acid groups is 2. The largest absolute Gasteiger partial charge is 0.472 e. The number of rotatable bonds is 72. The molecular weight excluding hydrogens is 1220 g/mol. The van der Waals surface area contributed by atoms with Gasteiger partial charge in [-0.05, 0) is 43.4 Å².